The van der Waals surface area contributed by atoms with Crippen molar-refractivity contribution in [1.82, 2.24) is 5.32 Å². The summed E-state index contributed by atoms with van der Waals surface area (Å²) in [5.74, 6) is -1.41. The van der Waals surface area contributed by atoms with E-state index in [1.54, 1.807) is 6.07 Å². The van der Waals surface area contributed by atoms with Crippen LogP contribution in [0.2, 0.25) is 10.0 Å². The Morgan fingerprint density at radius 3 is 2.39 bits per heavy atom. The molecule has 5 nitrogen and oxygen atoms in total. The predicted octanol–water partition coefficient (Wildman–Crippen LogP) is 1.26. The number of halogens is 2. The van der Waals surface area contributed by atoms with E-state index < -0.39 is 24.5 Å². The van der Waals surface area contributed by atoms with Gasteiger partial charge in [0.05, 0.1) is 29.3 Å². The molecule has 0 saturated carbocycles. The number of ether oxygens (including phenoxy) is 1. The first kappa shape index (κ1) is 14.8. The molecule has 18 heavy (non-hydrogen) atoms. The molecule has 7 heteroatoms. The fourth-order valence-corrected chi connectivity index (χ4v) is 1.84. The van der Waals surface area contributed by atoms with Gasteiger partial charge in [0.2, 0.25) is 0 Å². The van der Waals surface area contributed by atoms with Gasteiger partial charge >= 0.3 is 5.97 Å². The van der Waals surface area contributed by atoms with Crippen LogP contribution in [0.25, 0.3) is 0 Å². The van der Waals surface area contributed by atoms with Crippen molar-refractivity contribution < 1.29 is 19.4 Å². The maximum Gasteiger partial charge on any atom is 0.330 e. The molecule has 0 spiro atoms. The molecule has 0 aliphatic carbocycles. The molecular formula is C11H11Cl2NO4. The third-order valence-electron chi connectivity index (χ3n) is 2.16. The summed E-state index contributed by atoms with van der Waals surface area (Å²) in [5, 5.41) is 11.6. The minimum atomic E-state index is -1.16. The van der Waals surface area contributed by atoms with Crippen molar-refractivity contribution in [3.05, 3.63) is 33.8 Å². The zero-order valence-corrected chi connectivity index (χ0v) is 11.0. The SMILES string of the molecule is COC(=O)C(CO)NC(=O)c1c(Cl)cccc1Cl. The van der Waals surface area contributed by atoms with E-state index in [2.05, 4.69) is 10.1 Å². The minimum Gasteiger partial charge on any atom is -0.467 e. The number of esters is 1. The Kier molecular flexibility index (Phi) is 5.40. The lowest BCUT2D eigenvalue weighted by atomic mass is 10.2. The molecule has 1 aromatic rings. The van der Waals surface area contributed by atoms with Crippen LogP contribution in [0.3, 0.4) is 0 Å². The highest BCUT2D eigenvalue weighted by Gasteiger charge is 2.23. The van der Waals surface area contributed by atoms with Gasteiger partial charge in [-0.2, -0.15) is 0 Å². The van der Waals surface area contributed by atoms with Gasteiger partial charge in [-0.15, -0.1) is 0 Å². The average molecular weight is 292 g/mol. The average Bonchev–Trinajstić information content (AvgIpc) is 2.34. The zero-order valence-electron chi connectivity index (χ0n) is 9.44. The predicted molar refractivity (Wildman–Crippen MR) is 66.8 cm³/mol. The molecular weight excluding hydrogens is 281 g/mol. The van der Waals surface area contributed by atoms with Crippen LogP contribution in [0.15, 0.2) is 18.2 Å². The van der Waals surface area contributed by atoms with E-state index in [1.165, 1.54) is 12.1 Å². The van der Waals surface area contributed by atoms with Gasteiger partial charge in [0.25, 0.3) is 5.91 Å². The van der Waals surface area contributed by atoms with Crippen LogP contribution in [0.5, 0.6) is 0 Å². The number of hydrogen-bond acceptors (Lipinski definition) is 4. The van der Waals surface area contributed by atoms with Gasteiger partial charge in [0.15, 0.2) is 6.04 Å². The Morgan fingerprint density at radius 1 is 1.39 bits per heavy atom. The van der Waals surface area contributed by atoms with Gasteiger partial charge < -0.3 is 15.2 Å². The smallest absolute Gasteiger partial charge is 0.330 e. The van der Waals surface area contributed by atoms with E-state index in [-0.39, 0.29) is 15.6 Å². The molecule has 0 saturated heterocycles. The molecule has 1 aromatic carbocycles. The van der Waals surface area contributed by atoms with Gasteiger partial charge in [0.1, 0.15) is 0 Å². The highest BCUT2D eigenvalue weighted by atomic mass is 35.5. The van der Waals surface area contributed by atoms with E-state index in [0.29, 0.717) is 0 Å². The second kappa shape index (κ2) is 6.58. The fraction of sp³-hybridized carbons (Fsp3) is 0.273. The van der Waals surface area contributed by atoms with E-state index in [9.17, 15) is 9.59 Å². The van der Waals surface area contributed by atoms with E-state index in [0.717, 1.165) is 7.11 Å². The second-order valence-corrected chi connectivity index (χ2v) is 4.14. The molecule has 2 N–H and O–H groups in total. The van der Waals surface area contributed by atoms with Crippen molar-refractivity contribution in [3.8, 4) is 0 Å². The Labute approximate surface area is 114 Å². The second-order valence-electron chi connectivity index (χ2n) is 3.33. The molecule has 0 bridgehead atoms. The Bertz CT molecular complexity index is 444. The van der Waals surface area contributed by atoms with Crippen LogP contribution in [0, 0.1) is 0 Å². The Hall–Kier alpha value is -1.30. The first-order valence-corrected chi connectivity index (χ1v) is 5.70. The quantitative estimate of drug-likeness (QED) is 0.819. The molecule has 0 fully saturated rings. The Morgan fingerprint density at radius 2 is 1.94 bits per heavy atom. The number of hydrogen-bond donors (Lipinski definition) is 2. The maximum absolute atomic E-state index is 11.9. The molecule has 0 radical (unpaired) electrons. The normalized spacial score (nSPS) is 11.8. The van der Waals surface area contributed by atoms with Crippen LogP contribution in [-0.2, 0) is 9.53 Å². The number of amides is 1. The topological polar surface area (TPSA) is 75.6 Å². The first-order valence-electron chi connectivity index (χ1n) is 4.94. The number of aliphatic hydroxyl groups is 1. The fourth-order valence-electron chi connectivity index (χ4n) is 1.27. The molecule has 1 unspecified atom stereocenters. The monoisotopic (exact) mass is 291 g/mol. The number of rotatable bonds is 4. The molecule has 98 valence electrons. The summed E-state index contributed by atoms with van der Waals surface area (Å²) in [6.45, 7) is -0.583. The van der Waals surface area contributed by atoms with Crippen LogP contribution in [-0.4, -0.2) is 36.7 Å². The van der Waals surface area contributed by atoms with Gasteiger partial charge in [-0.25, -0.2) is 4.79 Å². The van der Waals surface area contributed by atoms with Crippen molar-refractivity contribution in [3.63, 3.8) is 0 Å². The molecule has 0 heterocycles. The third kappa shape index (κ3) is 3.35. The lowest BCUT2D eigenvalue weighted by Gasteiger charge is -2.14. The number of methoxy groups -OCH3 is 1. The standard InChI is InChI=1S/C11H11Cl2NO4/c1-18-11(17)8(5-15)14-10(16)9-6(12)3-2-4-7(9)13/h2-4,8,15H,5H2,1H3,(H,14,16). The van der Waals surface area contributed by atoms with Crippen LogP contribution in [0.4, 0.5) is 0 Å². The molecule has 1 rings (SSSR count). The highest BCUT2D eigenvalue weighted by molar-refractivity contribution is 6.39. The number of carbonyl (C=O) groups is 2. The summed E-state index contributed by atoms with van der Waals surface area (Å²) in [6.07, 6.45) is 0. The van der Waals surface area contributed by atoms with Crippen LogP contribution in [0.1, 0.15) is 10.4 Å². The summed E-state index contributed by atoms with van der Waals surface area (Å²) < 4.78 is 4.42. The van der Waals surface area contributed by atoms with Crippen molar-refractivity contribution in [1.29, 1.82) is 0 Å². The van der Waals surface area contributed by atoms with Crippen molar-refractivity contribution >= 4 is 35.1 Å². The van der Waals surface area contributed by atoms with Crippen molar-refractivity contribution in [2.75, 3.05) is 13.7 Å². The van der Waals surface area contributed by atoms with Crippen LogP contribution < -0.4 is 5.32 Å². The van der Waals surface area contributed by atoms with Gasteiger partial charge in [-0.05, 0) is 12.1 Å². The van der Waals surface area contributed by atoms with E-state index in [4.69, 9.17) is 28.3 Å². The summed E-state index contributed by atoms with van der Waals surface area (Å²) in [4.78, 5) is 23.1. The Balaban J connectivity index is 2.91. The summed E-state index contributed by atoms with van der Waals surface area (Å²) in [6, 6.07) is 3.42. The molecule has 0 aliphatic rings. The molecule has 1 atom stereocenters. The van der Waals surface area contributed by atoms with Gasteiger partial charge in [0, 0.05) is 0 Å². The minimum absolute atomic E-state index is 0.0446. The summed E-state index contributed by atoms with van der Waals surface area (Å²) >= 11 is 11.7. The van der Waals surface area contributed by atoms with E-state index in [1.807, 2.05) is 0 Å². The number of carbonyl (C=O) groups excluding carboxylic acids is 2. The lowest BCUT2D eigenvalue weighted by Crippen LogP contribution is -2.44. The van der Waals surface area contributed by atoms with Gasteiger partial charge in [-0.1, -0.05) is 29.3 Å². The number of aliphatic hydroxyl groups excluding tert-OH is 1. The van der Waals surface area contributed by atoms with Gasteiger partial charge in [-0.3, -0.25) is 4.79 Å². The van der Waals surface area contributed by atoms with Crippen molar-refractivity contribution in [2.45, 2.75) is 6.04 Å². The molecule has 0 aliphatic heterocycles. The zero-order chi connectivity index (χ0) is 13.7. The number of nitrogens with one attached hydrogen (secondary N) is 1. The summed E-state index contributed by atoms with van der Waals surface area (Å²) in [5.41, 5.74) is 0.0446. The maximum atomic E-state index is 11.9. The largest absolute Gasteiger partial charge is 0.467 e. The lowest BCUT2D eigenvalue weighted by molar-refractivity contribution is -0.143. The van der Waals surface area contributed by atoms with Crippen LogP contribution >= 0.6 is 23.2 Å². The first-order chi connectivity index (χ1) is 8.51. The highest BCUT2D eigenvalue weighted by Crippen LogP contribution is 2.24. The number of benzene rings is 1. The molecule has 0 aromatic heterocycles. The molecule has 1 amide bonds. The van der Waals surface area contributed by atoms with E-state index >= 15 is 0 Å². The van der Waals surface area contributed by atoms with Crippen molar-refractivity contribution in [2.24, 2.45) is 0 Å². The summed E-state index contributed by atoms with van der Waals surface area (Å²) in [7, 11) is 1.15. The third-order valence-corrected chi connectivity index (χ3v) is 2.79.